The Hall–Kier alpha value is -2.77. The number of hydrogen-bond acceptors (Lipinski definition) is 5. The molecule has 2 aromatic carbocycles. The molecule has 2 amide bonds. The van der Waals surface area contributed by atoms with Crippen LogP contribution in [0.5, 0.6) is 0 Å². The molecule has 0 unspecified atom stereocenters. The molecule has 4 rings (SSSR count). The summed E-state index contributed by atoms with van der Waals surface area (Å²) >= 11 is 1.43. The van der Waals surface area contributed by atoms with Crippen LogP contribution in [0.25, 0.3) is 10.8 Å². The van der Waals surface area contributed by atoms with Gasteiger partial charge in [-0.1, -0.05) is 30.3 Å². The maximum Gasteiger partial charge on any atom is 0.315 e. The van der Waals surface area contributed by atoms with Crippen LogP contribution in [0.1, 0.15) is 10.6 Å². The van der Waals surface area contributed by atoms with Crippen LogP contribution in [-0.4, -0.2) is 35.3 Å². The van der Waals surface area contributed by atoms with E-state index in [1.54, 1.807) is 6.07 Å². The first-order valence-corrected chi connectivity index (χ1v) is 9.18. The van der Waals surface area contributed by atoms with E-state index in [0.717, 1.165) is 40.9 Å². The van der Waals surface area contributed by atoms with Gasteiger partial charge in [-0.15, -0.1) is 11.3 Å². The lowest BCUT2D eigenvalue weighted by Gasteiger charge is -2.20. The van der Waals surface area contributed by atoms with E-state index in [2.05, 4.69) is 27.6 Å². The minimum absolute atomic E-state index is 0.476. The fourth-order valence-electron chi connectivity index (χ4n) is 2.99. The standard InChI is InChI=1S/C19H18N4O2S/c1-23-9-8-15-16(11-23)26-19(21-15)22-18(25)17(24)20-14-7-6-12-4-2-3-5-13(12)10-14/h2-7,10H,8-9,11H2,1H3,(H,20,24)(H,21,22,25). The molecule has 132 valence electrons. The number of carbonyl (C=O) groups excluding carboxylic acids is 2. The highest BCUT2D eigenvalue weighted by molar-refractivity contribution is 7.16. The molecule has 26 heavy (non-hydrogen) atoms. The lowest BCUT2D eigenvalue weighted by Crippen LogP contribution is -2.29. The summed E-state index contributed by atoms with van der Waals surface area (Å²) in [6.07, 6.45) is 0.863. The zero-order chi connectivity index (χ0) is 18.1. The number of nitrogens with zero attached hydrogens (tertiary/aromatic N) is 2. The summed E-state index contributed by atoms with van der Waals surface area (Å²) in [4.78, 5) is 32.2. The Balaban J connectivity index is 1.43. The molecule has 0 saturated heterocycles. The predicted molar refractivity (Wildman–Crippen MR) is 103 cm³/mol. The van der Waals surface area contributed by atoms with Crippen molar-refractivity contribution in [2.45, 2.75) is 13.0 Å². The van der Waals surface area contributed by atoms with E-state index in [9.17, 15) is 9.59 Å². The van der Waals surface area contributed by atoms with Gasteiger partial charge in [-0.2, -0.15) is 0 Å². The van der Waals surface area contributed by atoms with Crippen molar-refractivity contribution >= 4 is 44.7 Å². The summed E-state index contributed by atoms with van der Waals surface area (Å²) in [5.74, 6) is -1.41. The summed E-state index contributed by atoms with van der Waals surface area (Å²) in [6, 6.07) is 13.4. The Bertz CT molecular complexity index is 998. The number of likely N-dealkylation sites (N-methyl/N-ethyl adjacent to an activating group) is 1. The van der Waals surface area contributed by atoms with E-state index in [1.807, 2.05) is 36.4 Å². The van der Waals surface area contributed by atoms with Crippen molar-refractivity contribution < 1.29 is 9.59 Å². The van der Waals surface area contributed by atoms with E-state index in [1.165, 1.54) is 11.3 Å². The van der Waals surface area contributed by atoms with Crippen LogP contribution in [0.3, 0.4) is 0 Å². The number of amides is 2. The molecular weight excluding hydrogens is 348 g/mol. The summed E-state index contributed by atoms with van der Waals surface area (Å²) < 4.78 is 0. The van der Waals surface area contributed by atoms with Gasteiger partial charge in [0.2, 0.25) is 0 Å². The number of nitrogens with one attached hydrogen (secondary N) is 2. The van der Waals surface area contributed by atoms with Gasteiger partial charge in [0.15, 0.2) is 5.13 Å². The number of aromatic nitrogens is 1. The molecule has 0 aliphatic carbocycles. The molecule has 0 atom stereocenters. The molecular formula is C19H18N4O2S. The van der Waals surface area contributed by atoms with E-state index >= 15 is 0 Å². The SMILES string of the molecule is CN1CCc2nc(NC(=O)C(=O)Nc3ccc4ccccc4c3)sc2C1. The third-order valence-electron chi connectivity index (χ3n) is 4.36. The monoisotopic (exact) mass is 366 g/mol. The van der Waals surface area contributed by atoms with Gasteiger partial charge < -0.3 is 10.2 Å². The van der Waals surface area contributed by atoms with Crippen molar-refractivity contribution in [1.29, 1.82) is 0 Å². The van der Waals surface area contributed by atoms with Crippen molar-refractivity contribution in [3.8, 4) is 0 Å². The second-order valence-corrected chi connectivity index (χ2v) is 7.43. The molecule has 0 radical (unpaired) electrons. The maximum absolute atomic E-state index is 12.2. The molecule has 1 aliphatic heterocycles. The number of hydrogen-bond donors (Lipinski definition) is 2. The molecule has 0 fully saturated rings. The Morgan fingerprint density at radius 2 is 1.85 bits per heavy atom. The molecule has 0 bridgehead atoms. The average Bonchev–Trinajstić information content (AvgIpc) is 3.02. The average molecular weight is 366 g/mol. The van der Waals surface area contributed by atoms with Gasteiger partial charge in [-0.25, -0.2) is 4.98 Å². The normalized spacial score (nSPS) is 14.0. The summed E-state index contributed by atoms with van der Waals surface area (Å²) in [7, 11) is 2.05. The van der Waals surface area contributed by atoms with E-state index in [4.69, 9.17) is 0 Å². The highest BCUT2D eigenvalue weighted by atomic mass is 32.1. The molecule has 2 N–H and O–H groups in total. The van der Waals surface area contributed by atoms with Gasteiger partial charge in [0.25, 0.3) is 0 Å². The van der Waals surface area contributed by atoms with Crippen LogP contribution in [0.2, 0.25) is 0 Å². The first kappa shape index (κ1) is 16.7. The Kier molecular flexibility index (Phi) is 4.40. The molecule has 3 aromatic rings. The zero-order valence-electron chi connectivity index (χ0n) is 14.3. The lowest BCUT2D eigenvalue weighted by atomic mass is 10.1. The van der Waals surface area contributed by atoms with Gasteiger partial charge in [0.1, 0.15) is 0 Å². The summed E-state index contributed by atoms with van der Waals surface area (Å²) in [6.45, 7) is 1.78. The van der Waals surface area contributed by atoms with Crippen LogP contribution in [-0.2, 0) is 22.6 Å². The van der Waals surface area contributed by atoms with Gasteiger partial charge in [0.05, 0.1) is 5.69 Å². The second kappa shape index (κ2) is 6.86. The third kappa shape index (κ3) is 3.44. The number of fused-ring (bicyclic) bond motifs is 2. The van der Waals surface area contributed by atoms with Crippen LogP contribution < -0.4 is 10.6 Å². The van der Waals surface area contributed by atoms with Gasteiger partial charge >= 0.3 is 11.8 Å². The molecule has 0 spiro atoms. The smallest absolute Gasteiger partial charge is 0.315 e. The highest BCUT2D eigenvalue weighted by Crippen LogP contribution is 2.27. The number of rotatable bonds is 2. The number of thiazole rings is 1. The summed E-state index contributed by atoms with van der Waals surface area (Å²) in [5.41, 5.74) is 1.60. The third-order valence-corrected chi connectivity index (χ3v) is 5.35. The summed E-state index contributed by atoms with van der Waals surface area (Å²) in [5, 5.41) is 7.80. The van der Waals surface area contributed by atoms with E-state index in [-0.39, 0.29) is 0 Å². The van der Waals surface area contributed by atoms with Gasteiger partial charge in [0, 0.05) is 30.1 Å². The van der Waals surface area contributed by atoms with Crippen LogP contribution in [0, 0.1) is 0 Å². The van der Waals surface area contributed by atoms with Gasteiger partial charge in [-0.3, -0.25) is 14.9 Å². The van der Waals surface area contributed by atoms with E-state index < -0.39 is 11.8 Å². The van der Waals surface area contributed by atoms with Crippen molar-refractivity contribution in [2.24, 2.45) is 0 Å². The molecule has 7 heteroatoms. The quantitative estimate of drug-likeness (QED) is 0.684. The molecule has 6 nitrogen and oxygen atoms in total. The first-order chi connectivity index (χ1) is 12.6. The molecule has 2 heterocycles. The van der Waals surface area contributed by atoms with Crippen molar-refractivity contribution in [3.63, 3.8) is 0 Å². The number of carbonyl (C=O) groups is 2. The topological polar surface area (TPSA) is 74.3 Å². The Morgan fingerprint density at radius 1 is 1.08 bits per heavy atom. The molecule has 1 aliphatic rings. The number of anilines is 2. The Labute approximate surface area is 154 Å². The van der Waals surface area contributed by atoms with Gasteiger partial charge in [-0.05, 0) is 30.0 Å². The second-order valence-electron chi connectivity index (χ2n) is 6.35. The number of benzene rings is 2. The van der Waals surface area contributed by atoms with E-state index in [0.29, 0.717) is 10.8 Å². The fourth-order valence-corrected chi connectivity index (χ4v) is 4.07. The van der Waals surface area contributed by atoms with Crippen molar-refractivity contribution in [1.82, 2.24) is 9.88 Å². The largest absolute Gasteiger partial charge is 0.318 e. The zero-order valence-corrected chi connectivity index (χ0v) is 15.1. The minimum Gasteiger partial charge on any atom is -0.318 e. The first-order valence-electron chi connectivity index (χ1n) is 8.37. The van der Waals surface area contributed by atoms with Crippen LogP contribution in [0.15, 0.2) is 42.5 Å². The van der Waals surface area contributed by atoms with Crippen LogP contribution in [0.4, 0.5) is 10.8 Å². The maximum atomic E-state index is 12.2. The van der Waals surface area contributed by atoms with Crippen LogP contribution >= 0.6 is 11.3 Å². The predicted octanol–water partition coefficient (Wildman–Crippen LogP) is 2.86. The molecule has 1 aromatic heterocycles. The molecule has 0 saturated carbocycles. The lowest BCUT2D eigenvalue weighted by molar-refractivity contribution is -0.132. The van der Waals surface area contributed by atoms with Crippen molar-refractivity contribution in [3.05, 3.63) is 53.0 Å². The van der Waals surface area contributed by atoms with Crippen molar-refractivity contribution in [2.75, 3.05) is 24.2 Å². The highest BCUT2D eigenvalue weighted by Gasteiger charge is 2.21. The Morgan fingerprint density at radius 3 is 2.69 bits per heavy atom. The minimum atomic E-state index is -0.711. The fraction of sp³-hybridized carbons (Fsp3) is 0.211.